The number of aliphatic hydroxyl groups excluding tert-OH is 1. The normalized spacial score (nSPS) is 19.2. The molecule has 1 N–H and O–H groups in total. The van der Waals surface area contributed by atoms with Crippen LogP contribution in [0.5, 0.6) is 0 Å². The van der Waals surface area contributed by atoms with Crippen molar-refractivity contribution in [3.63, 3.8) is 0 Å². The van der Waals surface area contributed by atoms with Crippen molar-refractivity contribution in [3.05, 3.63) is 16.1 Å². The first-order chi connectivity index (χ1) is 7.22. The highest BCUT2D eigenvalue weighted by Crippen LogP contribution is 2.38. The first kappa shape index (κ1) is 11.1. The topological polar surface area (TPSA) is 33.1 Å². The Balaban J connectivity index is 2.10. The van der Waals surface area contributed by atoms with Crippen LogP contribution in [0.3, 0.4) is 0 Å². The molecule has 1 atom stereocenters. The highest BCUT2D eigenvalue weighted by molar-refractivity contribution is 7.09. The molecule has 0 spiro atoms. The molecule has 1 saturated carbocycles. The Bertz CT molecular complexity index is 317. The molecule has 0 saturated heterocycles. The van der Waals surface area contributed by atoms with E-state index in [1.54, 1.807) is 11.3 Å². The summed E-state index contributed by atoms with van der Waals surface area (Å²) in [6.07, 6.45) is 3.95. The summed E-state index contributed by atoms with van der Waals surface area (Å²) in [6, 6.07) is 0. The minimum Gasteiger partial charge on any atom is -0.396 e. The number of thiazole rings is 1. The van der Waals surface area contributed by atoms with Gasteiger partial charge in [0.2, 0.25) is 0 Å². The molecule has 1 fully saturated rings. The molecule has 15 heavy (non-hydrogen) atoms. The highest BCUT2D eigenvalue weighted by atomic mass is 32.1. The molecule has 0 aliphatic heterocycles. The van der Waals surface area contributed by atoms with Crippen LogP contribution < -0.4 is 0 Å². The molecular weight excluding hydrogens is 206 g/mol. The third-order valence-corrected chi connectivity index (χ3v) is 4.38. The van der Waals surface area contributed by atoms with Crippen LogP contribution >= 0.6 is 11.3 Å². The average molecular weight is 225 g/mol. The second-order valence-corrected chi connectivity index (χ2v) is 5.66. The smallest absolute Gasteiger partial charge is 0.0984 e. The Morgan fingerprint density at radius 1 is 1.53 bits per heavy atom. The Hall–Kier alpha value is -0.410. The van der Waals surface area contributed by atoms with Crippen molar-refractivity contribution < 1.29 is 5.11 Å². The molecule has 1 aromatic rings. The Morgan fingerprint density at radius 3 is 2.73 bits per heavy atom. The fourth-order valence-corrected chi connectivity index (χ4v) is 3.10. The first-order valence-corrected chi connectivity index (χ1v) is 6.66. The van der Waals surface area contributed by atoms with Gasteiger partial charge in [0, 0.05) is 17.2 Å². The highest BCUT2D eigenvalue weighted by Gasteiger charge is 2.24. The lowest BCUT2D eigenvalue weighted by Crippen LogP contribution is -2.13. The molecular formula is C12H19NOS. The third-order valence-electron chi connectivity index (χ3n) is 3.38. The van der Waals surface area contributed by atoms with Crippen LogP contribution in [-0.2, 0) is 0 Å². The molecule has 1 aromatic heterocycles. The van der Waals surface area contributed by atoms with Gasteiger partial charge in [0.15, 0.2) is 0 Å². The van der Waals surface area contributed by atoms with Gasteiger partial charge in [-0.1, -0.05) is 20.3 Å². The van der Waals surface area contributed by atoms with Crippen molar-refractivity contribution in [2.24, 2.45) is 5.92 Å². The molecule has 2 nitrogen and oxygen atoms in total. The average Bonchev–Trinajstić information content (AvgIpc) is 2.51. The van der Waals surface area contributed by atoms with Gasteiger partial charge < -0.3 is 5.11 Å². The van der Waals surface area contributed by atoms with E-state index >= 15 is 0 Å². The van der Waals surface area contributed by atoms with Gasteiger partial charge in [0.25, 0.3) is 0 Å². The van der Waals surface area contributed by atoms with E-state index in [-0.39, 0.29) is 12.5 Å². The van der Waals surface area contributed by atoms with Crippen LogP contribution in [0.2, 0.25) is 0 Å². The SMILES string of the molecule is CC(C)C(CO)c1nc(C2CCC2)cs1. The number of aliphatic hydroxyl groups is 1. The summed E-state index contributed by atoms with van der Waals surface area (Å²) >= 11 is 1.72. The fraction of sp³-hybridized carbons (Fsp3) is 0.750. The summed E-state index contributed by atoms with van der Waals surface area (Å²) in [5.41, 5.74) is 1.26. The number of hydrogen-bond acceptors (Lipinski definition) is 3. The summed E-state index contributed by atoms with van der Waals surface area (Å²) in [6.45, 7) is 4.51. The molecule has 1 aliphatic carbocycles. The van der Waals surface area contributed by atoms with Crippen LogP contribution in [0.15, 0.2) is 5.38 Å². The second-order valence-electron chi connectivity index (χ2n) is 4.77. The minimum absolute atomic E-state index is 0.218. The van der Waals surface area contributed by atoms with Crippen LogP contribution in [-0.4, -0.2) is 16.7 Å². The number of nitrogens with zero attached hydrogens (tertiary/aromatic N) is 1. The van der Waals surface area contributed by atoms with Crippen molar-refractivity contribution in [1.82, 2.24) is 4.98 Å². The van der Waals surface area contributed by atoms with Gasteiger partial charge >= 0.3 is 0 Å². The van der Waals surface area contributed by atoms with E-state index in [1.165, 1.54) is 25.0 Å². The molecule has 0 aromatic carbocycles. The molecule has 1 aliphatic rings. The van der Waals surface area contributed by atoms with Gasteiger partial charge in [-0.3, -0.25) is 0 Å². The standard InChI is InChI=1S/C12H19NOS/c1-8(2)10(6-14)12-13-11(7-15-12)9-4-3-5-9/h7-10,14H,3-6H2,1-2H3. The maximum absolute atomic E-state index is 9.34. The lowest BCUT2D eigenvalue weighted by atomic mass is 9.83. The zero-order valence-electron chi connectivity index (χ0n) is 9.44. The Labute approximate surface area is 95.4 Å². The molecule has 0 amide bonds. The van der Waals surface area contributed by atoms with E-state index in [0.717, 1.165) is 5.01 Å². The molecule has 3 heteroatoms. The Morgan fingerprint density at radius 2 is 2.27 bits per heavy atom. The van der Waals surface area contributed by atoms with Crippen LogP contribution in [0.25, 0.3) is 0 Å². The van der Waals surface area contributed by atoms with E-state index in [2.05, 4.69) is 24.2 Å². The fourth-order valence-electron chi connectivity index (χ4n) is 1.94. The van der Waals surface area contributed by atoms with Gasteiger partial charge in [0.1, 0.15) is 0 Å². The van der Waals surface area contributed by atoms with Crippen molar-refractivity contribution in [3.8, 4) is 0 Å². The van der Waals surface area contributed by atoms with Gasteiger partial charge in [-0.2, -0.15) is 0 Å². The van der Waals surface area contributed by atoms with Crippen molar-refractivity contribution in [2.75, 3.05) is 6.61 Å². The van der Waals surface area contributed by atoms with Crippen LogP contribution in [0.1, 0.15) is 55.6 Å². The number of hydrogen-bond donors (Lipinski definition) is 1. The van der Waals surface area contributed by atoms with Crippen molar-refractivity contribution in [1.29, 1.82) is 0 Å². The quantitative estimate of drug-likeness (QED) is 0.854. The maximum atomic E-state index is 9.34. The second kappa shape index (κ2) is 4.62. The predicted molar refractivity (Wildman–Crippen MR) is 63.4 cm³/mol. The largest absolute Gasteiger partial charge is 0.396 e. The summed E-state index contributed by atoms with van der Waals surface area (Å²) < 4.78 is 0. The number of aromatic nitrogens is 1. The predicted octanol–water partition coefficient (Wildman–Crippen LogP) is 3.14. The van der Waals surface area contributed by atoms with Crippen molar-refractivity contribution in [2.45, 2.75) is 44.9 Å². The van der Waals surface area contributed by atoms with E-state index < -0.39 is 0 Å². The Kier molecular flexibility index (Phi) is 3.42. The third kappa shape index (κ3) is 2.23. The van der Waals surface area contributed by atoms with Crippen LogP contribution in [0.4, 0.5) is 0 Å². The molecule has 2 rings (SSSR count). The minimum atomic E-state index is 0.218. The van der Waals surface area contributed by atoms with Crippen molar-refractivity contribution >= 4 is 11.3 Å². The summed E-state index contributed by atoms with van der Waals surface area (Å²) in [7, 11) is 0. The zero-order valence-corrected chi connectivity index (χ0v) is 10.3. The van der Waals surface area contributed by atoms with E-state index in [1.807, 2.05) is 0 Å². The first-order valence-electron chi connectivity index (χ1n) is 5.78. The summed E-state index contributed by atoms with van der Waals surface area (Å²) in [5, 5.41) is 12.6. The van der Waals surface area contributed by atoms with Gasteiger partial charge in [-0.15, -0.1) is 11.3 Å². The van der Waals surface area contributed by atoms with E-state index in [0.29, 0.717) is 11.8 Å². The van der Waals surface area contributed by atoms with Gasteiger partial charge in [-0.05, 0) is 18.8 Å². The zero-order chi connectivity index (χ0) is 10.8. The van der Waals surface area contributed by atoms with E-state index in [9.17, 15) is 5.11 Å². The molecule has 84 valence electrons. The summed E-state index contributed by atoms with van der Waals surface area (Å²) in [4.78, 5) is 4.68. The molecule has 0 radical (unpaired) electrons. The van der Waals surface area contributed by atoms with Gasteiger partial charge in [-0.25, -0.2) is 4.98 Å². The van der Waals surface area contributed by atoms with Crippen LogP contribution in [0, 0.1) is 5.92 Å². The molecule has 1 heterocycles. The van der Waals surface area contributed by atoms with E-state index in [4.69, 9.17) is 0 Å². The maximum Gasteiger partial charge on any atom is 0.0984 e. The lowest BCUT2D eigenvalue weighted by Gasteiger charge is -2.23. The molecule has 1 unspecified atom stereocenters. The molecule has 0 bridgehead atoms. The van der Waals surface area contributed by atoms with Gasteiger partial charge in [0.05, 0.1) is 17.3 Å². The lowest BCUT2D eigenvalue weighted by molar-refractivity contribution is 0.236. The summed E-state index contributed by atoms with van der Waals surface area (Å²) in [5.74, 6) is 1.40. The number of rotatable bonds is 4. The monoisotopic (exact) mass is 225 g/mol.